The van der Waals surface area contributed by atoms with E-state index >= 15 is 0 Å². The van der Waals surface area contributed by atoms with Crippen LogP contribution in [-0.2, 0) is 15.5 Å². The molecule has 1 aliphatic heterocycles. The summed E-state index contributed by atoms with van der Waals surface area (Å²) in [7, 11) is -1.10. The highest BCUT2D eigenvalue weighted by Gasteiger charge is 2.41. The van der Waals surface area contributed by atoms with E-state index in [1.165, 1.54) is 6.26 Å². The number of aliphatic hydroxyl groups is 3. The average molecular weight is 284 g/mol. The predicted octanol–water partition coefficient (Wildman–Crippen LogP) is 0.287. The third-order valence-corrected chi connectivity index (χ3v) is 3.15. The average Bonchev–Trinajstić information content (AvgIpc) is 2.37. The standard InChI is InChI=1S/C8H16O5S.2C2H6/c1-4-6(9)8(11)7(10)5(13-4)3-14(2)12;2*1-2/h4-11H,3H2,1-2H3;2*1-2H3/t4-,5-,6+,7-,8-,14?;;/m1../s1. The van der Waals surface area contributed by atoms with Gasteiger partial charge in [-0.2, -0.15) is 0 Å². The monoisotopic (exact) mass is 284 g/mol. The third kappa shape index (κ3) is 6.24. The Hall–Kier alpha value is -0.0100. The molecule has 1 rings (SSSR count). The molecule has 18 heavy (non-hydrogen) atoms. The fourth-order valence-corrected chi connectivity index (χ4v) is 2.24. The number of ether oxygens (including phenoxy) is 1. The molecular weight excluding hydrogens is 256 g/mol. The minimum Gasteiger partial charge on any atom is -0.388 e. The lowest BCUT2D eigenvalue weighted by molar-refractivity contribution is -0.210. The van der Waals surface area contributed by atoms with Crippen LogP contribution in [0.2, 0.25) is 0 Å². The molecule has 6 heteroatoms. The second-order valence-electron chi connectivity index (χ2n) is 3.59. The molecule has 0 aromatic rings. The van der Waals surface area contributed by atoms with Crippen molar-refractivity contribution in [2.24, 2.45) is 0 Å². The highest BCUT2D eigenvalue weighted by molar-refractivity contribution is 7.84. The van der Waals surface area contributed by atoms with Gasteiger partial charge in [0.2, 0.25) is 0 Å². The first kappa shape index (κ1) is 20.3. The maximum absolute atomic E-state index is 10.9. The van der Waals surface area contributed by atoms with Gasteiger partial charge in [-0.05, 0) is 6.92 Å². The highest BCUT2D eigenvalue weighted by Crippen LogP contribution is 2.21. The van der Waals surface area contributed by atoms with E-state index in [0.717, 1.165) is 0 Å². The first-order valence-corrected chi connectivity index (χ1v) is 8.16. The topological polar surface area (TPSA) is 87.0 Å². The second kappa shape index (κ2) is 10.9. The molecule has 0 saturated carbocycles. The molecule has 5 nitrogen and oxygen atoms in total. The van der Waals surface area contributed by atoms with E-state index < -0.39 is 41.3 Å². The largest absolute Gasteiger partial charge is 0.388 e. The third-order valence-electron chi connectivity index (χ3n) is 2.35. The van der Waals surface area contributed by atoms with Gasteiger partial charge in [0.1, 0.15) is 18.3 Å². The summed E-state index contributed by atoms with van der Waals surface area (Å²) in [5.41, 5.74) is 0. The summed E-state index contributed by atoms with van der Waals surface area (Å²) in [5.74, 6) is 0.162. The highest BCUT2D eigenvalue weighted by atomic mass is 32.2. The van der Waals surface area contributed by atoms with E-state index in [4.69, 9.17) is 4.74 Å². The van der Waals surface area contributed by atoms with Gasteiger partial charge in [0.15, 0.2) is 0 Å². The van der Waals surface area contributed by atoms with E-state index in [0.29, 0.717) is 0 Å². The molecule has 1 heterocycles. The van der Waals surface area contributed by atoms with Crippen molar-refractivity contribution in [1.29, 1.82) is 0 Å². The Bertz CT molecular complexity index is 225. The van der Waals surface area contributed by atoms with E-state index in [9.17, 15) is 19.5 Å². The van der Waals surface area contributed by atoms with Gasteiger partial charge in [-0.3, -0.25) is 4.21 Å². The Kier molecular flexibility index (Phi) is 12.3. The van der Waals surface area contributed by atoms with E-state index in [-0.39, 0.29) is 5.75 Å². The summed E-state index contributed by atoms with van der Waals surface area (Å²) in [5, 5.41) is 28.3. The van der Waals surface area contributed by atoms with Crippen LogP contribution < -0.4 is 0 Å². The zero-order valence-corrected chi connectivity index (χ0v) is 13.0. The second-order valence-corrected chi connectivity index (χ2v) is 5.07. The van der Waals surface area contributed by atoms with Crippen molar-refractivity contribution >= 4 is 10.8 Å². The van der Waals surface area contributed by atoms with E-state index in [1.807, 2.05) is 27.7 Å². The molecule has 112 valence electrons. The van der Waals surface area contributed by atoms with Gasteiger partial charge in [0.05, 0.1) is 18.0 Å². The molecule has 1 aliphatic rings. The molecule has 0 amide bonds. The normalized spacial score (nSPS) is 36.6. The summed E-state index contributed by atoms with van der Waals surface area (Å²) < 4.78 is 16.2. The van der Waals surface area contributed by atoms with Crippen LogP contribution in [0.4, 0.5) is 0 Å². The minimum atomic E-state index is -1.23. The molecule has 1 saturated heterocycles. The summed E-state index contributed by atoms with van der Waals surface area (Å²) in [6, 6.07) is 0. The van der Waals surface area contributed by atoms with Gasteiger partial charge in [-0.15, -0.1) is 0 Å². The molecule has 0 radical (unpaired) electrons. The molecule has 0 aliphatic carbocycles. The first-order valence-electron chi connectivity index (χ1n) is 6.43. The Balaban J connectivity index is 0. The molecule has 1 fully saturated rings. The summed E-state index contributed by atoms with van der Waals surface area (Å²) in [6.45, 7) is 9.60. The van der Waals surface area contributed by atoms with Gasteiger partial charge in [-0.25, -0.2) is 0 Å². The maximum Gasteiger partial charge on any atom is 0.111 e. The van der Waals surface area contributed by atoms with E-state index in [2.05, 4.69) is 0 Å². The van der Waals surface area contributed by atoms with E-state index in [1.54, 1.807) is 6.92 Å². The van der Waals surface area contributed by atoms with Gasteiger partial charge < -0.3 is 20.1 Å². The van der Waals surface area contributed by atoms with Crippen LogP contribution in [0.5, 0.6) is 0 Å². The van der Waals surface area contributed by atoms with Crippen LogP contribution in [0.3, 0.4) is 0 Å². The fourth-order valence-electron chi connectivity index (χ4n) is 1.51. The van der Waals surface area contributed by atoms with Crippen molar-refractivity contribution in [1.82, 2.24) is 0 Å². The van der Waals surface area contributed by atoms with Gasteiger partial charge >= 0.3 is 0 Å². The van der Waals surface area contributed by atoms with Crippen molar-refractivity contribution in [3.8, 4) is 0 Å². The number of aliphatic hydroxyl groups excluding tert-OH is 3. The fraction of sp³-hybridized carbons (Fsp3) is 1.00. The van der Waals surface area contributed by atoms with Crippen molar-refractivity contribution in [3.63, 3.8) is 0 Å². The summed E-state index contributed by atoms with van der Waals surface area (Å²) >= 11 is 0. The quantitative estimate of drug-likeness (QED) is 0.678. The van der Waals surface area contributed by atoms with Gasteiger partial charge in [0.25, 0.3) is 0 Å². The molecule has 0 bridgehead atoms. The van der Waals surface area contributed by atoms with Crippen LogP contribution in [0.15, 0.2) is 0 Å². The number of rotatable bonds is 2. The zero-order valence-electron chi connectivity index (χ0n) is 12.2. The van der Waals surface area contributed by atoms with Gasteiger partial charge in [0, 0.05) is 17.1 Å². The maximum atomic E-state index is 10.9. The molecule has 0 aromatic carbocycles. The molecular formula is C12H28O5S. The Morgan fingerprint density at radius 3 is 1.83 bits per heavy atom. The van der Waals surface area contributed by atoms with Crippen molar-refractivity contribution in [2.45, 2.75) is 65.1 Å². The molecule has 0 aromatic heterocycles. The van der Waals surface area contributed by atoms with Crippen molar-refractivity contribution < 1.29 is 24.3 Å². The molecule has 0 spiro atoms. The first-order chi connectivity index (χ1) is 8.43. The smallest absolute Gasteiger partial charge is 0.111 e. The number of hydrogen-bond acceptors (Lipinski definition) is 5. The minimum absolute atomic E-state index is 0.162. The van der Waals surface area contributed by atoms with Crippen LogP contribution in [0.25, 0.3) is 0 Å². The van der Waals surface area contributed by atoms with Gasteiger partial charge in [-0.1, -0.05) is 27.7 Å². The SMILES string of the molecule is CC.CC.C[C@H]1O[C@H](CS(C)=O)[C@@H](O)[C@H](O)[C@H]1O. The lowest BCUT2D eigenvalue weighted by atomic mass is 9.96. The zero-order chi connectivity index (χ0) is 14.9. The van der Waals surface area contributed by atoms with Crippen LogP contribution in [0.1, 0.15) is 34.6 Å². The Morgan fingerprint density at radius 2 is 1.44 bits per heavy atom. The number of hydrogen-bond donors (Lipinski definition) is 3. The summed E-state index contributed by atoms with van der Waals surface area (Å²) in [6.07, 6.45) is -3.22. The predicted molar refractivity (Wildman–Crippen MR) is 74.0 cm³/mol. The molecule has 1 unspecified atom stereocenters. The lowest BCUT2D eigenvalue weighted by Gasteiger charge is -2.39. The van der Waals surface area contributed by atoms with Crippen LogP contribution in [-0.4, -0.2) is 62.1 Å². The molecule has 3 N–H and O–H groups in total. The van der Waals surface area contributed by atoms with Crippen molar-refractivity contribution in [2.75, 3.05) is 12.0 Å². The van der Waals surface area contributed by atoms with Crippen LogP contribution in [0, 0.1) is 0 Å². The molecule has 6 atom stereocenters. The van der Waals surface area contributed by atoms with Crippen LogP contribution >= 0.6 is 0 Å². The van der Waals surface area contributed by atoms with Crippen molar-refractivity contribution in [3.05, 3.63) is 0 Å². The Morgan fingerprint density at radius 1 is 1.00 bits per heavy atom. The lowest BCUT2D eigenvalue weighted by Crippen LogP contribution is -2.57. The summed E-state index contributed by atoms with van der Waals surface area (Å²) in [4.78, 5) is 0. The Labute approximate surface area is 113 Å².